The molecule has 1 saturated heterocycles. The summed E-state index contributed by atoms with van der Waals surface area (Å²) in [5.74, 6) is 0.792. The van der Waals surface area contributed by atoms with E-state index in [1.165, 1.54) is 4.31 Å². The summed E-state index contributed by atoms with van der Waals surface area (Å²) in [5, 5.41) is 0. The first kappa shape index (κ1) is 17.2. The number of ether oxygens (including phenoxy) is 1. The van der Waals surface area contributed by atoms with Gasteiger partial charge in [-0.2, -0.15) is 12.7 Å². The van der Waals surface area contributed by atoms with Gasteiger partial charge in [-0.25, -0.2) is 4.72 Å². The fraction of sp³-hybridized carbons (Fsp3) is 0.600. The van der Waals surface area contributed by atoms with E-state index in [2.05, 4.69) is 9.62 Å². The largest absolute Gasteiger partial charge is 0.496 e. The lowest BCUT2D eigenvalue weighted by molar-refractivity contribution is 0.145. The molecule has 1 atom stereocenters. The number of benzene rings is 1. The fourth-order valence-electron chi connectivity index (χ4n) is 2.67. The van der Waals surface area contributed by atoms with Crippen LogP contribution in [-0.4, -0.2) is 58.0 Å². The second kappa shape index (κ2) is 7.41. The van der Waals surface area contributed by atoms with Crippen LogP contribution < -0.4 is 9.46 Å². The molecule has 1 aliphatic heterocycles. The van der Waals surface area contributed by atoms with Crippen molar-refractivity contribution in [2.45, 2.75) is 19.4 Å². The lowest BCUT2D eigenvalue weighted by Gasteiger charge is -2.39. The Balaban J connectivity index is 2.21. The lowest BCUT2D eigenvalue weighted by atomic mass is 10.0. The highest BCUT2D eigenvalue weighted by Crippen LogP contribution is 2.31. The molecule has 1 heterocycles. The van der Waals surface area contributed by atoms with Crippen LogP contribution in [-0.2, 0) is 10.2 Å². The van der Waals surface area contributed by atoms with Crippen molar-refractivity contribution in [3.05, 3.63) is 29.8 Å². The monoisotopic (exact) mass is 327 g/mol. The van der Waals surface area contributed by atoms with E-state index in [-0.39, 0.29) is 6.04 Å². The molecular formula is C15H25N3O3S. The molecule has 0 saturated carbocycles. The van der Waals surface area contributed by atoms with Gasteiger partial charge < -0.3 is 4.74 Å². The summed E-state index contributed by atoms with van der Waals surface area (Å²) in [7, 11) is 0.239. The predicted molar refractivity (Wildman–Crippen MR) is 87.2 cm³/mol. The Morgan fingerprint density at radius 2 is 2.05 bits per heavy atom. The average Bonchev–Trinajstić information content (AvgIpc) is 2.53. The van der Waals surface area contributed by atoms with Crippen molar-refractivity contribution in [1.82, 2.24) is 13.9 Å². The van der Waals surface area contributed by atoms with Gasteiger partial charge in [-0.15, -0.1) is 0 Å². The molecule has 0 amide bonds. The molecule has 22 heavy (non-hydrogen) atoms. The maximum Gasteiger partial charge on any atom is 0.279 e. The number of rotatable bonds is 6. The Morgan fingerprint density at radius 3 is 2.73 bits per heavy atom. The standard InChI is InChI=1S/C15H25N3O3S/c1-4-9-16-22(19,20)18-11-10-17(2)14(12-18)13-7-5-6-8-15(13)21-3/h5-8,14,16H,4,9-12H2,1-3H3. The van der Waals surface area contributed by atoms with Gasteiger partial charge in [-0.3, -0.25) is 4.90 Å². The van der Waals surface area contributed by atoms with Gasteiger partial charge in [0.15, 0.2) is 0 Å². The number of likely N-dealkylation sites (N-methyl/N-ethyl adjacent to an activating group) is 1. The van der Waals surface area contributed by atoms with Crippen molar-refractivity contribution in [3.8, 4) is 5.75 Å². The molecule has 1 aromatic carbocycles. The van der Waals surface area contributed by atoms with E-state index in [4.69, 9.17) is 4.74 Å². The molecule has 7 heteroatoms. The first-order chi connectivity index (χ1) is 10.5. The van der Waals surface area contributed by atoms with Gasteiger partial charge in [0.2, 0.25) is 0 Å². The van der Waals surface area contributed by atoms with E-state index in [0.717, 1.165) is 17.7 Å². The molecule has 2 rings (SSSR count). The van der Waals surface area contributed by atoms with E-state index < -0.39 is 10.2 Å². The Kier molecular flexibility index (Phi) is 5.80. The van der Waals surface area contributed by atoms with Crippen molar-refractivity contribution in [1.29, 1.82) is 0 Å². The quantitative estimate of drug-likeness (QED) is 0.854. The summed E-state index contributed by atoms with van der Waals surface area (Å²) in [6, 6.07) is 7.77. The third-order valence-electron chi connectivity index (χ3n) is 3.98. The van der Waals surface area contributed by atoms with Crippen LogP contribution in [0, 0.1) is 0 Å². The number of methoxy groups -OCH3 is 1. The SMILES string of the molecule is CCCNS(=O)(=O)N1CCN(C)C(c2ccccc2OC)C1. The molecule has 1 aromatic rings. The highest BCUT2D eigenvalue weighted by molar-refractivity contribution is 7.87. The molecule has 6 nitrogen and oxygen atoms in total. The van der Waals surface area contributed by atoms with Crippen LogP contribution in [0.3, 0.4) is 0 Å². The minimum atomic E-state index is -3.41. The van der Waals surface area contributed by atoms with E-state index in [0.29, 0.717) is 26.2 Å². The highest BCUT2D eigenvalue weighted by atomic mass is 32.2. The van der Waals surface area contributed by atoms with Crippen LogP contribution in [0.2, 0.25) is 0 Å². The molecule has 0 radical (unpaired) electrons. The Bertz CT molecular complexity index is 591. The van der Waals surface area contributed by atoms with Crippen LogP contribution in [0.5, 0.6) is 5.75 Å². The van der Waals surface area contributed by atoms with Crippen molar-refractivity contribution < 1.29 is 13.2 Å². The number of hydrogen-bond acceptors (Lipinski definition) is 4. The third-order valence-corrected chi connectivity index (χ3v) is 5.56. The molecule has 1 unspecified atom stereocenters. The molecule has 1 N–H and O–H groups in total. The normalized spacial score (nSPS) is 21.0. The van der Waals surface area contributed by atoms with Gasteiger partial charge in [0.1, 0.15) is 5.75 Å². The summed E-state index contributed by atoms with van der Waals surface area (Å²) in [5.41, 5.74) is 1.02. The first-order valence-electron chi connectivity index (χ1n) is 7.57. The van der Waals surface area contributed by atoms with Gasteiger partial charge in [-0.05, 0) is 19.5 Å². The topological polar surface area (TPSA) is 61.9 Å². The Hall–Kier alpha value is -1.15. The van der Waals surface area contributed by atoms with Gasteiger partial charge >= 0.3 is 0 Å². The molecule has 0 spiro atoms. The zero-order chi connectivity index (χ0) is 16.2. The summed E-state index contributed by atoms with van der Waals surface area (Å²) in [4.78, 5) is 2.17. The minimum Gasteiger partial charge on any atom is -0.496 e. The number of para-hydroxylation sites is 1. The van der Waals surface area contributed by atoms with Gasteiger partial charge in [0, 0.05) is 31.7 Å². The minimum absolute atomic E-state index is 0.0110. The van der Waals surface area contributed by atoms with Crippen LogP contribution in [0.15, 0.2) is 24.3 Å². The molecule has 1 aliphatic rings. The van der Waals surface area contributed by atoms with E-state index in [1.54, 1.807) is 7.11 Å². The highest BCUT2D eigenvalue weighted by Gasteiger charge is 2.33. The first-order valence-corrected chi connectivity index (χ1v) is 9.01. The summed E-state index contributed by atoms with van der Waals surface area (Å²) in [6.07, 6.45) is 0.781. The van der Waals surface area contributed by atoms with Crippen LogP contribution >= 0.6 is 0 Å². The van der Waals surface area contributed by atoms with Gasteiger partial charge in [0.05, 0.1) is 13.2 Å². The van der Waals surface area contributed by atoms with Crippen LogP contribution in [0.1, 0.15) is 24.9 Å². The molecule has 124 valence electrons. The molecule has 0 aromatic heterocycles. The van der Waals surface area contributed by atoms with E-state index >= 15 is 0 Å². The molecule has 1 fully saturated rings. The molecular weight excluding hydrogens is 302 g/mol. The summed E-state index contributed by atoms with van der Waals surface area (Å²) >= 11 is 0. The zero-order valence-corrected chi connectivity index (χ0v) is 14.3. The van der Waals surface area contributed by atoms with E-state index in [1.807, 2.05) is 38.2 Å². The smallest absolute Gasteiger partial charge is 0.279 e. The van der Waals surface area contributed by atoms with Crippen molar-refractivity contribution in [3.63, 3.8) is 0 Å². The predicted octanol–water partition coefficient (Wildman–Crippen LogP) is 1.23. The van der Waals surface area contributed by atoms with Gasteiger partial charge in [0.25, 0.3) is 10.2 Å². The number of hydrogen-bond donors (Lipinski definition) is 1. The van der Waals surface area contributed by atoms with Crippen LogP contribution in [0.4, 0.5) is 0 Å². The van der Waals surface area contributed by atoms with Gasteiger partial charge in [-0.1, -0.05) is 25.1 Å². The second-order valence-electron chi connectivity index (χ2n) is 5.50. The molecule has 0 bridgehead atoms. The lowest BCUT2D eigenvalue weighted by Crippen LogP contribution is -2.52. The van der Waals surface area contributed by atoms with Crippen LogP contribution in [0.25, 0.3) is 0 Å². The number of nitrogens with one attached hydrogen (secondary N) is 1. The number of nitrogens with zero attached hydrogens (tertiary/aromatic N) is 2. The second-order valence-corrected chi connectivity index (χ2v) is 7.25. The van der Waals surface area contributed by atoms with Crippen molar-refractivity contribution in [2.24, 2.45) is 0 Å². The van der Waals surface area contributed by atoms with Crippen molar-refractivity contribution in [2.75, 3.05) is 40.3 Å². The summed E-state index contributed by atoms with van der Waals surface area (Å²) in [6.45, 7) is 4.03. The fourth-order valence-corrected chi connectivity index (χ4v) is 3.97. The Labute approximate surface area is 133 Å². The molecule has 0 aliphatic carbocycles. The maximum absolute atomic E-state index is 12.3. The summed E-state index contributed by atoms with van der Waals surface area (Å²) < 4.78 is 34.3. The number of piperazine rings is 1. The average molecular weight is 327 g/mol. The third kappa shape index (κ3) is 3.78. The zero-order valence-electron chi connectivity index (χ0n) is 13.4. The van der Waals surface area contributed by atoms with E-state index in [9.17, 15) is 8.42 Å². The maximum atomic E-state index is 12.3. The van der Waals surface area contributed by atoms with Crippen molar-refractivity contribution >= 4 is 10.2 Å². The Morgan fingerprint density at radius 1 is 1.32 bits per heavy atom.